The highest BCUT2D eigenvalue weighted by atomic mass is 79.9. The van der Waals surface area contributed by atoms with Gasteiger partial charge in [0.2, 0.25) is 0 Å². The summed E-state index contributed by atoms with van der Waals surface area (Å²) in [5.74, 6) is -0.00190. The summed E-state index contributed by atoms with van der Waals surface area (Å²) >= 11 is 14.3. The van der Waals surface area contributed by atoms with E-state index >= 15 is 0 Å². The maximum absolute atomic E-state index is 12.7. The van der Waals surface area contributed by atoms with Crippen molar-refractivity contribution in [2.24, 2.45) is 0 Å². The summed E-state index contributed by atoms with van der Waals surface area (Å²) in [7, 11) is 0. The maximum atomic E-state index is 12.7. The zero-order chi connectivity index (χ0) is 22.1. The minimum absolute atomic E-state index is 0.00880. The predicted octanol–water partition coefficient (Wildman–Crippen LogP) is 6.10. The molecule has 0 aromatic heterocycles. The lowest BCUT2D eigenvalue weighted by Gasteiger charge is -2.14. The first-order valence-electron chi connectivity index (χ1n) is 9.30. The molecule has 2 aromatic carbocycles. The highest BCUT2D eigenvalue weighted by Gasteiger charge is 2.17. The molecule has 0 saturated heterocycles. The Kier molecular flexibility index (Phi) is 9.48. The van der Waals surface area contributed by atoms with Crippen LogP contribution in [0, 0.1) is 10.1 Å². The third-order valence-corrected chi connectivity index (χ3v) is 5.09. The van der Waals surface area contributed by atoms with Crippen LogP contribution in [0.4, 0.5) is 11.4 Å². The Morgan fingerprint density at radius 3 is 2.70 bits per heavy atom. The number of nitro groups is 1. The smallest absolute Gasteiger partial charge is 0.289 e. The standard InChI is InChI=1S/C20H21BrClN3O4S/c1-2-3-4-5-10-29-18-9-6-13(21)11-15(18)19(26)24-20(30)23-14-7-8-16(22)17(12-14)25(27)28/h6-9,11-12H,2-5,10H2,1H3,(H2,23,24,26,30). The predicted molar refractivity (Wildman–Crippen MR) is 126 cm³/mol. The average Bonchev–Trinajstić information content (AvgIpc) is 2.69. The third-order valence-electron chi connectivity index (χ3n) is 4.07. The van der Waals surface area contributed by atoms with Crippen LogP contribution in [0.15, 0.2) is 40.9 Å². The molecule has 2 aromatic rings. The molecule has 2 rings (SSSR count). The van der Waals surface area contributed by atoms with Crippen molar-refractivity contribution in [2.75, 3.05) is 11.9 Å². The van der Waals surface area contributed by atoms with E-state index in [1.54, 1.807) is 18.2 Å². The molecule has 0 spiro atoms. The monoisotopic (exact) mass is 513 g/mol. The highest BCUT2D eigenvalue weighted by Crippen LogP contribution is 2.27. The van der Waals surface area contributed by atoms with Gasteiger partial charge in [-0.2, -0.15) is 0 Å². The second-order valence-corrected chi connectivity index (χ2v) is 8.11. The number of amides is 1. The SMILES string of the molecule is CCCCCCOc1ccc(Br)cc1C(=O)NC(=S)Nc1ccc(Cl)c([N+](=O)[O-])c1. The van der Waals surface area contributed by atoms with Crippen molar-refractivity contribution in [3.05, 3.63) is 61.6 Å². The number of anilines is 1. The van der Waals surface area contributed by atoms with Crippen molar-refractivity contribution in [2.45, 2.75) is 32.6 Å². The Hall–Kier alpha value is -2.23. The first-order valence-corrected chi connectivity index (χ1v) is 10.9. The van der Waals surface area contributed by atoms with Gasteiger partial charge in [0.15, 0.2) is 5.11 Å². The number of benzene rings is 2. The van der Waals surface area contributed by atoms with E-state index in [1.807, 2.05) is 0 Å². The number of carbonyl (C=O) groups is 1. The fraction of sp³-hybridized carbons (Fsp3) is 0.300. The topological polar surface area (TPSA) is 93.5 Å². The molecular formula is C20H21BrClN3O4S. The Labute approximate surface area is 193 Å². The quantitative estimate of drug-likeness (QED) is 0.182. The van der Waals surface area contributed by atoms with Gasteiger partial charge >= 0.3 is 0 Å². The lowest BCUT2D eigenvalue weighted by Crippen LogP contribution is -2.34. The molecule has 0 radical (unpaired) electrons. The fourth-order valence-electron chi connectivity index (χ4n) is 2.58. The van der Waals surface area contributed by atoms with E-state index in [0.29, 0.717) is 23.6 Å². The van der Waals surface area contributed by atoms with E-state index in [9.17, 15) is 14.9 Å². The van der Waals surface area contributed by atoms with Crippen LogP contribution in [0.3, 0.4) is 0 Å². The van der Waals surface area contributed by atoms with E-state index in [1.165, 1.54) is 18.2 Å². The molecular weight excluding hydrogens is 494 g/mol. The van der Waals surface area contributed by atoms with Crippen molar-refractivity contribution >= 4 is 62.1 Å². The minimum atomic E-state index is -0.596. The van der Waals surface area contributed by atoms with Gasteiger partial charge in [-0.1, -0.05) is 53.7 Å². The van der Waals surface area contributed by atoms with Gasteiger partial charge in [-0.05, 0) is 49.0 Å². The summed E-state index contributed by atoms with van der Waals surface area (Å²) in [4.78, 5) is 23.1. The lowest BCUT2D eigenvalue weighted by molar-refractivity contribution is -0.384. The first kappa shape index (κ1) is 24.0. The number of hydrogen-bond donors (Lipinski definition) is 2. The van der Waals surface area contributed by atoms with Gasteiger partial charge in [0.05, 0.1) is 17.1 Å². The van der Waals surface area contributed by atoms with Crippen LogP contribution >= 0.6 is 39.7 Å². The maximum Gasteiger partial charge on any atom is 0.289 e. The number of carbonyl (C=O) groups excluding carboxylic acids is 1. The van der Waals surface area contributed by atoms with Crippen LogP contribution in [-0.2, 0) is 0 Å². The van der Waals surface area contributed by atoms with E-state index in [0.717, 1.165) is 30.2 Å². The molecule has 0 aliphatic heterocycles. The average molecular weight is 515 g/mol. The van der Waals surface area contributed by atoms with E-state index in [4.69, 9.17) is 28.6 Å². The lowest BCUT2D eigenvalue weighted by atomic mass is 10.2. The normalized spacial score (nSPS) is 10.4. The number of unbranched alkanes of at least 4 members (excludes halogenated alkanes) is 3. The number of nitrogens with one attached hydrogen (secondary N) is 2. The number of halogens is 2. The largest absolute Gasteiger partial charge is 0.493 e. The Bertz CT molecular complexity index is 942. The number of nitro benzene ring substituents is 1. The summed E-state index contributed by atoms with van der Waals surface area (Å²) in [5, 5.41) is 16.3. The summed E-state index contributed by atoms with van der Waals surface area (Å²) in [6.45, 7) is 2.65. The van der Waals surface area contributed by atoms with Crippen molar-refractivity contribution in [3.8, 4) is 5.75 Å². The summed E-state index contributed by atoms with van der Waals surface area (Å²) < 4.78 is 6.50. The molecule has 0 fully saturated rings. The van der Waals surface area contributed by atoms with Gasteiger partial charge in [0, 0.05) is 16.2 Å². The molecule has 7 nitrogen and oxygen atoms in total. The number of thiocarbonyl (C=S) groups is 1. The van der Waals surface area contributed by atoms with E-state index in [-0.39, 0.29) is 15.8 Å². The van der Waals surface area contributed by atoms with Crippen LogP contribution in [0.25, 0.3) is 0 Å². The van der Waals surface area contributed by atoms with Crippen LogP contribution in [0.1, 0.15) is 43.0 Å². The zero-order valence-electron chi connectivity index (χ0n) is 16.2. The molecule has 0 aliphatic carbocycles. The van der Waals surface area contributed by atoms with Gasteiger partial charge < -0.3 is 10.1 Å². The summed E-state index contributed by atoms with van der Waals surface area (Å²) in [5.41, 5.74) is 0.394. The van der Waals surface area contributed by atoms with Gasteiger partial charge in [0.1, 0.15) is 10.8 Å². The van der Waals surface area contributed by atoms with Crippen LogP contribution in [0.5, 0.6) is 5.75 Å². The molecule has 0 bridgehead atoms. The van der Waals surface area contributed by atoms with Gasteiger partial charge in [-0.25, -0.2) is 0 Å². The second-order valence-electron chi connectivity index (χ2n) is 6.38. The molecule has 2 N–H and O–H groups in total. The van der Waals surface area contributed by atoms with Crippen molar-refractivity contribution in [1.29, 1.82) is 0 Å². The number of ether oxygens (including phenoxy) is 1. The zero-order valence-corrected chi connectivity index (χ0v) is 19.4. The molecule has 0 atom stereocenters. The summed E-state index contributed by atoms with van der Waals surface area (Å²) in [6, 6.07) is 9.31. The van der Waals surface area contributed by atoms with Gasteiger partial charge in [0.25, 0.3) is 11.6 Å². The van der Waals surface area contributed by atoms with Gasteiger partial charge in [-0.15, -0.1) is 0 Å². The van der Waals surface area contributed by atoms with Crippen LogP contribution in [0.2, 0.25) is 5.02 Å². The minimum Gasteiger partial charge on any atom is -0.493 e. The van der Waals surface area contributed by atoms with E-state index < -0.39 is 10.8 Å². The Morgan fingerprint density at radius 2 is 2.00 bits per heavy atom. The van der Waals surface area contributed by atoms with Crippen molar-refractivity contribution in [1.82, 2.24) is 5.32 Å². The Morgan fingerprint density at radius 1 is 1.23 bits per heavy atom. The molecule has 0 saturated carbocycles. The third kappa shape index (κ3) is 7.23. The first-order chi connectivity index (χ1) is 14.3. The van der Waals surface area contributed by atoms with Crippen molar-refractivity contribution in [3.63, 3.8) is 0 Å². The molecule has 160 valence electrons. The molecule has 30 heavy (non-hydrogen) atoms. The molecule has 10 heteroatoms. The molecule has 0 heterocycles. The van der Waals surface area contributed by atoms with Crippen LogP contribution < -0.4 is 15.4 Å². The van der Waals surface area contributed by atoms with Crippen molar-refractivity contribution < 1.29 is 14.5 Å². The Balaban J connectivity index is 2.04. The van der Waals surface area contributed by atoms with Gasteiger partial charge in [-0.3, -0.25) is 20.2 Å². The number of hydrogen-bond acceptors (Lipinski definition) is 5. The molecule has 1 amide bonds. The van der Waals surface area contributed by atoms with Crippen LogP contribution in [-0.4, -0.2) is 22.5 Å². The fourth-order valence-corrected chi connectivity index (χ4v) is 3.34. The molecule has 0 unspecified atom stereocenters. The number of nitrogens with zero attached hydrogens (tertiary/aromatic N) is 1. The summed E-state index contributed by atoms with van der Waals surface area (Å²) in [6.07, 6.45) is 4.24. The second kappa shape index (κ2) is 11.8. The highest BCUT2D eigenvalue weighted by molar-refractivity contribution is 9.10. The van der Waals surface area contributed by atoms with E-state index in [2.05, 4.69) is 33.5 Å². The molecule has 0 aliphatic rings. The number of rotatable bonds is 9.